The van der Waals surface area contributed by atoms with Gasteiger partial charge >= 0.3 is 0 Å². The molecule has 3 aliphatic rings. The van der Waals surface area contributed by atoms with Crippen molar-refractivity contribution in [3.05, 3.63) is 0 Å². The van der Waals surface area contributed by atoms with Gasteiger partial charge in [0.2, 0.25) is 30.0 Å². The SMILES string of the molecule is CC(C)(C)[C@H](NC=O)C(=O)N1CC(=O)C[C@H]1C(=O)N[C@H](C(=O)N[C@H](C(N)=O)C1CCCCC1)C1CCCCC1. The monoisotopic (exact) mass is 547 g/mol. The summed E-state index contributed by atoms with van der Waals surface area (Å²) in [5, 5.41) is 8.23. The summed E-state index contributed by atoms with van der Waals surface area (Å²) in [6.07, 6.45) is 9.28. The Balaban J connectivity index is 1.80. The second-order valence-electron chi connectivity index (χ2n) is 12.5. The number of Topliss-reactive ketones (excluding diaryl/α,β-unsaturated/α-hetero) is 1. The number of likely N-dealkylation sites (tertiary alicyclic amines) is 1. The largest absolute Gasteiger partial charge is 0.368 e. The van der Waals surface area contributed by atoms with E-state index in [1.165, 1.54) is 4.90 Å². The van der Waals surface area contributed by atoms with Gasteiger partial charge in [0, 0.05) is 6.42 Å². The second-order valence-corrected chi connectivity index (χ2v) is 12.5. The van der Waals surface area contributed by atoms with Crippen molar-refractivity contribution in [3.8, 4) is 0 Å². The van der Waals surface area contributed by atoms with E-state index in [0.717, 1.165) is 64.2 Å². The van der Waals surface area contributed by atoms with Gasteiger partial charge in [-0.2, -0.15) is 0 Å². The minimum absolute atomic E-state index is 0.0388. The molecule has 0 spiro atoms. The van der Waals surface area contributed by atoms with Crippen LogP contribution in [0.1, 0.15) is 91.4 Å². The molecule has 1 saturated heterocycles. The fraction of sp³-hybridized carbons (Fsp3) is 0.786. The molecule has 0 aromatic heterocycles. The number of nitrogens with one attached hydrogen (secondary N) is 3. The first-order valence-corrected chi connectivity index (χ1v) is 14.4. The van der Waals surface area contributed by atoms with Crippen LogP contribution in [0.25, 0.3) is 0 Å². The van der Waals surface area contributed by atoms with Gasteiger partial charge in [0.1, 0.15) is 24.2 Å². The van der Waals surface area contributed by atoms with E-state index < -0.39 is 53.2 Å². The Labute approximate surface area is 230 Å². The van der Waals surface area contributed by atoms with Crippen molar-refractivity contribution in [3.63, 3.8) is 0 Å². The number of hydrogen-bond donors (Lipinski definition) is 4. The summed E-state index contributed by atoms with van der Waals surface area (Å²) in [5.41, 5.74) is 5.04. The zero-order chi connectivity index (χ0) is 28.7. The smallest absolute Gasteiger partial charge is 0.246 e. The Morgan fingerprint density at radius 1 is 0.897 bits per heavy atom. The first kappa shape index (κ1) is 30.6. The predicted octanol–water partition coefficient (Wildman–Crippen LogP) is 0.933. The van der Waals surface area contributed by atoms with Crippen LogP contribution in [0, 0.1) is 17.3 Å². The fourth-order valence-electron chi connectivity index (χ4n) is 6.33. The lowest BCUT2D eigenvalue weighted by Gasteiger charge is -2.36. The molecule has 0 radical (unpaired) electrons. The Hall–Kier alpha value is -2.98. The highest BCUT2D eigenvalue weighted by Crippen LogP contribution is 2.30. The van der Waals surface area contributed by atoms with Crippen LogP contribution < -0.4 is 21.7 Å². The molecule has 4 atom stereocenters. The molecule has 39 heavy (non-hydrogen) atoms. The first-order chi connectivity index (χ1) is 18.4. The van der Waals surface area contributed by atoms with Crippen LogP contribution in [0.5, 0.6) is 0 Å². The molecule has 218 valence electrons. The number of hydrogen-bond acceptors (Lipinski definition) is 6. The average Bonchev–Trinajstić information content (AvgIpc) is 3.30. The van der Waals surface area contributed by atoms with E-state index in [0.29, 0.717) is 6.41 Å². The van der Waals surface area contributed by atoms with E-state index in [1.54, 1.807) is 20.8 Å². The number of amides is 5. The summed E-state index contributed by atoms with van der Waals surface area (Å²) in [6.45, 7) is 5.10. The number of nitrogens with two attached hydrogens (primary N) is 1. The number of primary amides is 1. The summed E-state index contributed by atoms with van der Waals surface area (Å²) in [5.74, 6) is -2.60. The van der Waals surface area contributed by atoms with Crippen molar-refractivity contribution in [2.75, 3.05) is 6.54 Å². The van der Waals surface area contributed by atoms with Gasteiger partial charge in [0.15, 0.2) is 5.78 Å². The van der Waals surface area contributed by atoms with Gasteiger partial charge in [-0.25, -0.2) is 0 Å². The molecule has 2 aliphatic carbocycles. The summed E-state index contributed by atoms with van der Waals surface area (Å²) < 4.78 is 0. The average molecular weight is 548 g/mol. The standard InChI is InChI=1S/C28H45N5O6/c1-28(2,3)23(30-16-34)27(39)33-15-19(35)14-20(33)25(37)32-22(18-12-8-5-9-13-18)26(38)31-21(24(29)36)17-10-6-4-7-11-17/h16-18,20-23H,4-15H2,1-3H3,(H2,29,36)(H,30,34)(H,31,38)(H,32,37)/t20-,21-,22-,23+/m0/s1. The molecule has 5 amide bonds. The van der Waals surface area contributed by atoms with Crippen LogP contribution in [-0.4, -0.2) is 71.4 Å². The summed E-state index contributed by atoms with van der Waals surface area (Å²) in [7, 11) is 0. The summed E-state index contributed by atoms with van der Waals surface area (Å²) in [6, 6.07) is -3.75. The Morgan fingerprint density at radius 3 is 1.92 bits per heavy atom. The highest BCUT2D eigenvalue weighted by molar-refractivity contribution is 6.01. The topological polar surface area (TPSA) is 168 Å². The quantitative estimate of drug-likeness (QED) is 0.297. The molecule has 11 nitrogen and oxygen atoms in total. The Morgan fingerprint density at radius 2 is 1.44 bits per heavy atom. The van der Waals surface area contributed by atoms with Crippen molar-refractivity contribution in [1.29, 1.82) is 0 Å². The molecular weight excluding hydrogens is 502 g/mol. The van der Waals surface area contributed by atoms with Gasteiger partial charge < -0.3 is 26.6 Å². The summed E-state index contributed by atoms with van der Waals surface area (Å²) >= 11 is 0. The maximum Gasteiger partial charge on any atom is 0.246 e. The number of nitrogens with zero attached hydrogens (tertiary/aromatic N) is 1. The van der Waals surface area contributed by atoms with E-state index in [2.05, 4.69) is 16.0 Å². The lowest BCUT2D eigenvalue weighted by atomic mass is 9.81. The normalized spacial score (nSPS) is 23.4. The molecule has 0 unspecified atom stereocenters. The Kier molecular flexibility index (Phi) is 10.5. The van der Waals surface area contributed by atoms with Crippen LogP contribution in [0.2, 0.25) is 0 Å². The second kappa shape index (κ2) is 13.4. The molecule has 1 aliphatic heterocycles. The number of ketones is 1. The van der Waals surface area contributed by atoms with Crippen LogP contribution in [-0.2, 0) is 28.8 Å². The lowest BCUT2D eigenvalue weighted by Crippen LogP contribution is -2.61. The minimum Gasteiger partial charge on any atom is -0.368 e. The summed E-state index contributed by atoms with van der Waals surface area (Å²) in [4.78, 5) is 77.8. The molecule has 11 heteroatoms. The minimum atomic E-state index is -1.09. The zero-order valence-corrected chi connectivity index (χ0v) is 23.5. The lowest BCUT2D eigenvalue weighted by molar-refractivity contribution is -0.144. The molecule has 5 N–H and O–H groups in total. The molecule has 0 bridgehead atoms. The van der Waals surface area contributed by atoms with Crippen molar-refractivity contribution >= 4 is 35.8 Å². The molecular formula is C28H45N5O6. The highest BCUT2D eigenvalue weighted by Gasteiger charge is 2.45. The molecule has 3 fully saturated rings. The van der Waals surface area contributed by atoms with Gasteiger partial charge in [-0.1, -0.05) is 59.3 Å². The molecule has 3 rings (SSSR count). The fourth-order valence-corrected chi connectivity index (χ4v) is 6.33. The van der Waals surface area contributed by atoms with Gasteiger partial charge in [0.25, 0.3) is 0 Å². The van der Waals surface area contributed by atoms with Crippen molar-refractivity contribution in [2.24, 2.45) is 23.0 Å². The Bertz CT molecular complexity index is 935. The third-order valence-electron chi connectivity index (χ3n) is 8.50. The van der Waals surface area contributed by atoms with Crippen molar-refractivity contribution in [2.45, 2.75) is 116 Å². The van der Waals surface area contributed by atoms with Crippen LogP contribution >= 0.6 is 0 Å². The van der Waals surface area contributed by atoms with Gasteiger partial charge in [-0.3, -0.25) is 28.8 Å². The van der Waals surface area contributed by atoms with E-state index in [9.17, 15) is 28.8 Å². The number of rotatable bonds is 10. The molecule has 0 aromatic rings. The highest BCUT2D eigenvalue weighted by atomic mass is 16.2. The third-order valence-corrected chi connectivity index (χ3v) is 8.50. The van der Waals surface area contributed by atoms with E-state index >= 15 is 0 Å². The van der Waals surface area contributed by atoms with E-state index in [4.69, 9.17) is 5.73 Å². The molecule has 0 aromatic carbocycles. The third kappa shape index (κ3) is 7.79. The maximum absolute atomic E-state index is 13.6. The van der Waals surface area contributed by atoms with Crippen LogP contribution in [0.4, 0.5) is 0 Å². The van der Waals surface area contributed by atoms with Crippen molar-refractivity contribution in [1.82, 2.24) is 20.9 Å². The van der Waals surface area contributed by atoms with Gasteiger partial charge in [-0.05, 0) is 42.9 Å². The molecule has 1 heterocycles. The van der Waals surface area contributed by atoms with E-state index in [-0.39, 0.29) is 30.6 Å². The maximum atomic E-state index is 13.6. The predicted molar refractivity (Wildman–Crippen MR) is 144 cm³/mol. The first-order valence-electron chi connectivity index (χ1n) is 14.4. The van der Waals surface area contributed by atoms with Crippen LogP contribution in [0.3, 0.4) is 0 Å². The van der Waals surface area contributed by atoms with Gasteiger partial charge in [0.05, 0.1) is 6.54 Å². The van der Waals surface area contributed by atoms with Gasteiger partial charge in [-0.15, -0.1) is 0 Å². The number of carbonyl (C=O) groups is 6. The van der Waals surface area contributed by atoms with Crippen molar-refractivity contribution < 1.29 is 28.8 Å². The number of carbonyl (C=O) groups excluding carboxylic acids is 6. The zero-order valence-electron chi connectivity index (χ0n) is 23.5. The molecule has 2 saturated carbocycles. The van der Waals surface area contributed by atoms with E-state index in [1.807, 2.05) is 0 Å². The van der Waals surface area contributed by atoms with Crippen LogP contribution in [0.15, 0.2) is 0 Å².